The van der Waals surface area contributed by atoms with E-state index in [4.69, 9.17) is 0 Å². The maximum Gasteiger partial charge on any atom is 0.0998 e. The molecule has 0 bridgehead atoms. The van der Waals surface area contributed by atoms with Gasteiger partial charge >= 0.3 is 0 Å². The molecule has 0 saturated heterocycles. The number of benzene rings is 8. The molecule has 0 radical (unpaired) electrons. The SMILES string of the molecule is N#Cc1ccc2c(c1)c1cc(-n3c4ccccc4c4ccccc43)ccc1n2-c1ccc(-c2cc(-n3c4ccccc4c4ccccc43)ccc2C#N)cc1. The molecule has 5 heteroatoms. The molecule has 55 heavy (non-hydrogen) atoms. The summed E-state index contributed by atoms with van der Waals surface area (Å²) in [7, 11) is 0. The molecule has 0 N–H and O–H groups in total. The molecular weight excluding hydrogens is 671 g/mol. The maximum atomic E-state index is 10.3. The van der Waals surface area contributed by atoms with Crippen molar-refractivity contribution in [3.63, 3.8) is 0 Å². The van der Waals surface area contributed by atoms with Crippen molar-refractivity contribution in [2.75, 3.05) is 0 Å². The molecule has 0 aliphatic rings. The highest BCUT2D eigenvalue weighted by molar-refractivity contribution is 6.13. The summed E-state index contributed by atoms with van der Waals surface area (Å²) in [6, 6.07) is 65.9. The lowest BCUT2D eigenvalue weighted by Crippen LogP contribution is -1.97. The van der Waals surface area contributed by atoms with Crippen LogP contribution in [0, 0.1) is 22.7 Å². The van der Waals surface area contributed by atoms with Crippen LogP contribution in [0.15, 0.2) is 176 Å². The van der Waals surface area contributed by atoms with Gasteiger partial charge in [0, 0.05) is 54.9 Å². The first-order chi connectivity index (χ1) is 27.2. The maximum absolute atomic E-state index is 10.3. The first-order valence-electron chi connectivity index (χ1n) is 18.3. The molecule has 0 atom stereocenters. The van der Waals surface area contributed by atoms with E-state index in [1.165, 1.54) is 21.5 Å². The van der Waals surface area contributed by atoms with E-state index in [1.807, 2.05) is 30.3 Å². The largest absolute Gasteiger partial charge is 0.309 e. The van der Waals surface area contributed by atoms with Crippen molar-refractivity contribution in [1.82, 2.24) is 13.7 Å². The van der Waals surface area contributed by atoms with E-state index in [0.29, 0.717) is 11.1 Å². The van der Waals surface area contributed by atoms with Crippen LogP contribution in [0.25, 0.3) is 93.6 Å². The van der Waals surface area contributed by atoms with E-state index in [1.54, 1.807) is 0 Å². The molecule has 5 nitrogen and oxygen atoms in total. The second-order valence-electron chi connectivity index (χ2n) is 14.0. The summed E-state index contributed by atoms with van der Waals surface area (Å²) < 4.78 is 6.88. The zero-order valence-corrected chi connectivity index (χ0v) is 29.5. The zero-order chi connectivity index (χ0) is 36.6. The Morgan fingerprint density at radius 3 is 1.27 bits per heavy atom. The fraction of sp³-hybridized carbons (Fsp3) is 0. The van der Waals surface area contributed by atoms with Gasteiger partial charge in [-0.3, -0.25) is 0 Å². The van der Waals surface area contributed by atoms with E-state index < -0.39 is 0 Å². The van der Waals surface area contributed by atoms with Gasteiger partial charge in [0.25, 0.3) is 0 Å². The van der Waals surface area contributed by atoms with Crippen LogP contribution < -0.4 is 0 Å². The van der Waals surface area contributed by atoms with Gasteiger partial charge in [0.15, 0.2) is 0 Å². The van der Waals surface area contributed by atoms with E-state index in [9.17, 15) is 10.5 Å². The predicted molar refractivity (Wildman–Crippen MR) is 224 cm³/mol. The summed E-state index contributed by atoms with van der Waals surface area (Å²) in [5.41, 5.74) is 12.8. The van der Waals surface area contributed by atoms with Gasteiger partial charge in [-0.1, -0.05) is 84.9 Å². The predicted octanol–water partition coefficient (Wildman–Crippen LogP) is 12.4. The van der Waals surface area contributed by atoms with Crippen molar-refractivity contribution in [2.24, 2.45) is 0 Å². The number of para-hydroxylation sites is 4. The van der Waals surface area contributed by atoms with E-state index >= 15 is 0 Å². The van der Waals surface area contributed by atoms with Crippen molar-refractivity contribution in [3.8, 4) is 40.3 Å². The number of fused-ring (bicyclic) bond motifs is 9. The smallest absolute Gasteiger partial charge is 0.0998 e. The number of rotatable bonds is 4. The minimum Gasteiger partial charge on any atom is -0.309 e. The number of nitrogens with zero attached hydrogens (tertiary/aromatic N) is 5. The first-order valence-corrected chi connectivity index (χ1v) is 18.3. The molecule has 3 aromatic heterocycles. The Labute approximate surface area is 316 Å². The molecule has 0 fully saturated rings. The Morgan fingerprint density at radius 1 is 0.327 bits per heavy atom. The van der Waals surface area contributed by atoms with Crippen LogP contribution >= 0.6 is 0 Å². The highest BCUT2D eigenvalue weighted by atomic mass is 15.0. The molecule has 0 aliphatic carbocycles. The summed E-state index contributed by atoms with van der Waals surface area (Å²) >= 11 is 0. The van der Waals surface area contributed by atoms with Gasteiger partial charge in [0.1, 0.15) is 0 Å². The van der Waals surface area contributed by atoms with Gasteiger partial charge in [-0.15, -0.1) is 0 Å². The third-order valence-corrected chi connectivity index (χ3v) is 11.1. The lowest BCUT2D eigenvalue weighted by molar-refractivity contribution is 1.16. The fourth-order valence-corrected chi connectivity index (χ4v) is 8.70. The van der Waals surface area contributed by atoms with Crippen molar-refractivity contribution in [1.29, 1.82) is 10.5 Å². The number of aromatic nitrogens is 3. The van der Waals surface area contributed by atoms with E-state index in [-0.39, 0.29) is 0 Å². The topological polar surface area (TPSA) is 62.4 Å². The van der Waals surface area contributed by atoms with Crippen LogP contribution in [0.2, 0.25) is 0 Å². The summed E-state index contributed by atoms with van der Waals surface area (Å²) in [5.74, 6) is 0. The van der Waals surface area contributed by atoms with E-state index in [0.717, 1.165) is 72.1 Å². The third-order valence-electron chi connectivity index (χ3n) is 11.1. The fourth-order valence-electron chi connectivity index (χ4n) is 8.70. The van der Waals surface area contributed by atoms with Crippen LogP contribution in [0.4, 0.5) is 0 Å². The molecule has 0 aliphatic heterocycles. The second kappa shape index (κ2) is 11.8. The minimum atomic E-state index is 0.621. The molecule has 0 unspecified atom stereocenters. The summed E-state index contributed by atoms with van der Waals surface area (Å²) in [4.78, 5) is 0. The van der Waals surface area contributed by atoms with Gasteiger partial charge < -0.3 is 13.7 Å². The first kappa shape index (κ1) is 30.7. The van der Waals surface area contributed by atoms with Gasteiger partial charge in [0.2, 0.25) is 0 Å². The second-order valence-corrected chi connectivity index (χ2v) is 14.0. The van der Waals surface area contributed by atoms with Crippen LogP contribution in [0.5, 0.6) is 0 Å². The van der Waals surface area contributed by atoms with Gasteiger partial charge in [0.05, 0.1) is 56.4 Å². The lowest BCUT2D eigenvalue weighted by atomic mass is 9.99. The highest BCUT2D eigenvalue weighted by Gasteiger charge is 2.18. The van der Waals surface area contributed by atoms with Crippen molar-refractivity contribution in [3.05, 3.63) is 187 Å². The molecule has 11 rings (SSSR count). The molecule has 3 heterocycles. The quantitative estimate of drug-likeness (QED) is 0.184. The van der Waals surface area contributed by atoms with Crippen LogP contribution in [0.1, 0.15) is 11.1 Å². The average Bonchev–Trinajstić information content (AvgIpc) is 3.89. The zero-order valence-electron chi connectivity index (χ0n) is 29.5. The van der Waals surface area contributed by atoms with Crippen LogP contribution in [-0.4, -0.2) is 13.7 Å². The molecule has 254 valence electrons. The van der Waals surface area contributed by atoms with Crippen LogP contribution in [0.3, 0.4) is 0 Å². The highest BCUT2D eigenvalue weighted by Crippen LogP contribution is 2.39. The van der Waals surface area contributed by atoms with E-state index in [2.05, 4.69) is 171 Å². The summed E-state index contributed by atoms with van der Waals surface area (Å²) in [6.07, 6.45) is 0. The summed E-state index contributed by atoms with van der Waals surface area (Å²) in [5, 5.41) is 27.1. The molecular formula is C50H29N5. The van der Waals surface area contributed by atoms with Gasteiger partial charge in [-0.05, 0) is 96.6 Å². The average molecular weight is 700 g/mol. The Balaban J connectivity index is 1.07. The monoisotopic (exact) mass is 699 g/mol. The number of hydrogen-bond acceptors (Lipinski definition) is 2. The van der Waals surface area contributed by atoms with Gasteiger partial charge in [-0.25, -0.2) is 0 Å². The Hall–Kier alpha value is -7.86. The molecule has 0 amide bonds. The lowest BCUT2D eigenvalue weighted by Gasteiger charge is -2.13. The Kier molecular flexibility index (Phi) is 6.61. The van der Waals surface area contributed by atoms with Crippen molar-refractivity contribution >= 4 is 65.4 Å². The minimum absolute atomic E-state index is 0.621. The number of hydrogen-bond donors (Lipinski definition) is 0. The summed E-state index contributed by atoms with van der Waals surface area (Å²) in [6.45, 7) is 0. The Bertz CT molecular complexity index is 3350. The number of nitriles is 2. The molecule has 8 aromatic carbocycles. The molecule has 0 saturated carbocycles. The normalized spacial score (nSPS) is 11.6. The molecule has 11 aromatic rings. The van der Waals surface area contributed by atoms with Crippen molar-refractivity contribution < 1.29 is 0 Å². The molecule has 0 spiro atoms. The third kappa shape index (κ3) is 4.51. The standard InChI is InChI=1S/C50H29N5/c51-30-32-17-25-49-43(27-32)44-29-37(55-47-15-7-3-11-40(47)41-12-4-8-16-48(41)55)24-26-50(44)53(49)35-21-18-33(19-22-35)42-28-36(23-20-34(42)31-52)54-45-13-5-1-9-38(45)39-10-2-6-14-46(39)54/h1-29H. The Morgan fingerprint density at radius 2 is 0.745 bits per heavy atom. The van der Waals surface area contributed by atoms with Crippen molar-refractivity contribution in [2.45, 2.75) is 0 Å². The van der Waals surface area contributed by atoms with Crippen LogP contribution in [-0.2, 0) is 0 Å². The van der Waals surface area contributed by atoms with Gasteiger partial charge in [-0.2, -0.15) is 10.5 Å².